The Morgan fingerprint density at radius 1 is 1.11 bits per heavy atom. The second-order valence-electron chi connectivity index (χ2n) is 6.35. The van der Waals surface area contributed by atoms with E-state index in [1.54, 1.807) is 48.8 Å². The van der Waals surface area contributed by atoms with Crippen LogP contribution in [0, 0.1) is 0 Å². The molecule has 4 rings (SSSR count). The average molecular weight is 449 g/mol. The molecule has 1 fully saturated rings. The zero-order valence-electron chi connectivity index (χ0n) is 14.3. The third kappa shape index (κ3) is 3.80. The van der Waals surface area contributed by atoms with Crippen LogP contribution < -0.4 is 0 Å². The van der Waals surface area contributed by atoms with E-state index in [1.807, 2.05) is 0 Å². The van der Waals surface area contributed by atoms with Crippen molar-refractivity contribution in [2.45, 2.75) is 23.7 Å². The van der Waals surface area contributed by atoms with Gasteiger partial charge in [0.15, 0.2) is 0 Å². The van der Waals surface area contributed by atoms with Gasteiger partial charge in [0.05, 0.1) is 10.8 Å². The molecular formula is C18H17BrN4O3S. The third-order valence-corrected chi connectivity index (χ3v) is 6.97. The summed E-state index contributed by atoms with van der Waals surface area (Å²) in [6.07, 6.45) is 4.88. The van der Waals surface area contributed by atoms with Crippen LogP contribution in [0.3, 0.4) is 0 Å². The lowest BCUT2D eigenvalue weighted by atomic mass is 10.00. The fourth-order valence-corrected chi connectivity index (χ4v) is 4.93. The molecule has 0 unspecified atom stereocenters. The number of hydrogen-bond donors (Lipinski definition) is 0. The molecule has 1 aromatic carbocycles. The lowest BCUT2D eigenvalue weighted by Crippen LogP contribution is -2.39. The van der Waals surface area contributed by atoms with E-state index in [4.69, 9.17) is 4.52 Å². The molecule has 0 radical (unpaired) electrons. The van der Waals surface area contributed by atoms with Crippen LogP contribution in [0.2, 0.25) is 0 Å². The highest BCUT2D eigenvalue weighted by Crippen LogP contribution is 2.30. The van der Waals surface area contributed by atoms with Crippen molar-refractivity contribution in [3.63, 3.8) is 0 Å². The summed E-state index contributed by atoms with van der Waals surface area (Å²) < 4.78 is 33.7. The number of piperidine rings is 1. The summed E-state index contributed by atoms with van der Waals surface area (Å²) in [5.74, 6) is 0.838. The maximum absolute atomic E-state index is 12.9. The van der Waals surface area contributed by atoms with Crippen LogP contribution in [0.15, 0.2) is 62.7 Å². The van der Waals surface area contributed by atoms with Crippen LogP contribution in [-0.2, 0) is 10.0 Å². The van der Waals surface area contributed by atoms with E-state index in [0.717, 1.165) is 22.9 Å². The molecule has 1 atom stereocenters. The molecule has 1 aliphatic heterocycles. The fraction of sp³-hybridized carbons (Fsp3) is 0.278. The van der Waals surface area contributed by atoms with E-state index in [1.165, 1.54) is 4.31 Å². The number of pyridine rings is 1. The van der Waals surface area contributed by atoms with Gasteiger partial charge in [-0.3, -0.25) is 4.98 Å². The summed E-state index contributed by atoms with van der Waals surface area (Å²) in [5, 5.41) is 4.03. The second-order valence-corrected chi connectivity index (χ2v) is 9.20. The molecule has 27 heavy (non-hydrogen) atoms. The summed E-state index contributed by atoms with van der Waals surface area (Å²) in [6, 6.07) is 10.3. The molecule has 3 aromatic rings. The molecule has 1 saturated heterocycles. The van der Waals surface area contributed by atoms with Gasteiger partial charge in [-0.15, -0.1) is 0 Å². The average Bonchev–Trinajstić information content (AvgIpc) is 3.19. The molecule has 3 heterocycles. The Kier molecular flexibility index (Phi) is 5.07. The van der Waals surface area contributed by atoms with Crippen LogP contribution >= 0.6 is 15.9 Å². The molecule has 9 heteroatoms. The van der Waals surface area contributed by atoms with Crippen molar-refractivity contribution in [2.24, 2.45) is 0 Å². The molecule has 0 aliphatic carbocycles. The van der Waals surface area contributed by atoms with Gasteiger partial charge < -0.3 is 4.52 Å². The predicted octanol–water partition coefficient (Wildman–Crippen LogP) is 3.46. The zero-order valence-corrected chi connectivity index (χ0v) is 16.7. The fourth-order valence-electron chi connectivity index (χ4n) is 3.14. The van der Waals surface area contributed by atoms with Gasteiger partial charge >= 0.3 is 0 Å². The lowest BCUT2D eigenvalue weighted by molar-refractivity contribution is 0.265. The van der Waals surface area contributed by atoms with Crippen molar-refractivity contribution in [3.05, 3.63) is 59.2 Å². The highest BCUT2D eigenvalue weighted by Gasteiger charge is 2.33. The summed E-state index contributed by atoms with van der Waals surface area (Å²) in [6.45, 7) is 0.816. The monoisotopic (exact) mass is 448 g/mol. The van der Waals surface area contributed by atoms with Crippen LogP contribution in [-0.4, -0.2) is 40.9 Å². The molecule has 2 aromatic heterocycles. The Morgan fingerprint density at radius 3 is 2.59 bits per heavy atom. The van der Waals surface area contributed by atoms with Crippen LogP contribution in [0.4, 0.5) is 0 Å². The van der Waals surface area contributed by atoms with Gasteiger partial charge in [-0.05, 0) is 49.2 Å². The summed E-state index contributed by atoms with van der Waals surface area (Å²) in [7, 11) is -3.55. The van der Waals surface area contributed by atoms with Crippen molar-refractivity contribution < 1.29 is 12.9 Å². The zero-order chi connectivity index (χ0) is 18.9. The smallest absolute Gasteiger partial charge is 0.243 e. The van der Waals surface area contributed by atoms with E-state index in [0.29, 0.717) is 24.8 Å². The first kappa shape index (κ1) is 18.3. The highest BCUT2D eigenvalue weighted by molar-refractivity contribution is 9.10. The van der Waals surface area contributed by atoms with Crippen molar-refractivity contribution in [1.29, 1.82) is 0 Å². The molecular weight excluding hydrogens is 432 g/mol. The van der Waals surface area contributed by atoms with Crippen molar-refractivity contribution in [3.8, 4) is 11.4 Å². The molecule has 0 spiro atoms. The topological polar surface area (TPSA) is 89.2 Å². The number of halogens is 1. The molecule has 140 valence electrons. The first-order valence-corrected chi connectivity index (χ1v) is 10.8. The van der Waals surface area contributed by atoms with Gasteiger partial charge in [-0.1, -0.05) is 21.1 Å². The highest BCUT2D eigenvalue weighted by atomic mass is 79.9. The molecule has 1 aliphatic rings. The van der Waals surface area contributed by atoms with Crippen LogP contribution in [0.1, 0.15) is 24.7 Å². The Labute approximate surface area is 165 Å². The summed E-state index contributed by atoms with van der Waals surface area (Å²) in [4.78, 5) is 8.73. The largest absolute Gasteiger partial charge is 0.339 e. The number of aromatic nitrogens is 3. The van der Waals surface area contributed by atoms with Crippen molar-refractivity contribution >= 4 is 26.0 Å². The SMILES string of the molecule is O=S(=O)(c1ccc(Br)cc1)N1CCC[C@@H](c2nc(-c3ccncc3)no2)C1. The maximum Gasteiger partial charge on any atom is 0.243 e. The van der Waals surface area contributed by atoms with Crippen molar-refractivity contribution in [2.75, 3.05) is 13.1 Å². The standard InChI is InChI=1S/C18H17BrN4O3S/c19-15-3-5-16(6-4-15)27(24,25)23-11-1-2-14(12-23)18-21-17(22-26-18)13-7-9-20-10-8-13/h3-10,14H,1-2,11-12H2/t14-/m1/s1. The Morgan fingerprint density at radius 2 is 1.85 bits per heavy atom. The van der Waals surface area contributed by atoms with E-state index in [9.17, 15) is 8.42 Å². The Balaban J connectivity index is 1.55. The molecule has 0 amide bonds. The maximum atomic E-state index is 12.9. The molecule has 0 saturated carbocycles. The lowest BCUT2D eigenvalue weighted by Gasteiger charge is -2.30. The minimum atomic E-state index is -3.55. The minimum Gasteiger partial charge on any atom is -0.339 e. The quantitative estimate of drug-likeness (QED) is 0.606. The summed E-state index contributed by atoms with van der Waals surface area (Å²) >= 11 is 3.33. The van der Waals surface area contributed by atoms with E-state index < -0.39 is 10.0 Å². The Bertz CT molecular complexity index is 1020. The number of benzene rings is 1. The molecule has 0 N–H and O–H groups in total. The van der Waals surface area contributed by atoms with Crippen LogP contribution in [0.5, 0.6) is 0 Å². The van der Waals surface area contributed by atoms with Gasteiger partial charge in [0.2, 0.25) is 21.7 Å². The van der Waals surface area contributed by atoms with Gasteiger partial charge in [0.25, 0.3) is 0 Å². The first-order valence-electron chi connectivity index (χ1n) is 8.54. The third-order valence-electron chi connectivity index (χ3n) is 4.57. The predicted molar refractivity (Wildman–Crippen MR) is 102 cm³/mol. The molecule has 7 nitrogen and oxygen atoms in total. The van der Waals surface area contributed by atoms with E-state index >= 15 is 0 Å². The first-order chi connectivity index (χ1) is 13.0. The normalized spacial score (nSPS) is 18.5. The molecule has 0 bridgehead atoms. The number of nitrogens with zero attached hydrogens (tertiary/aromatic N) is 4. The van der Waals surface area contributed by atoms with Gasteiger partial charge in [-0.2, -0.15) is 9.29 Å². The van der Waals surface area contributed by atoms with Gasteiger partial charge in [0.1, 0.15) is 0 Å². The number of rotatable bonds is 4. The van der Waals surface area contributed by atoms with Crippen molar-refractivity contribution in [1.82, 2.24) is 19.4 Å². The Hall–Kier alpha value is -2.10. The second kappa shape index (κ2) is 7.49. The van der Waals surface area contributed by atoms with Crippen LogP contribution in [0.25, 0.3) is 11.4 Å². The van der Waals surface area contributed by atoms with Gasteiger partial charge in [0, 0.05) is 35.5 Å². The number of hydrogen-bond acceptors (Lipinski definition) is 6. The van der Waals surface area contributed by atoms with E-state index in [2.05, 4.69) is 31.1 Å². The number of sulfonamides is 1. The summed E-state index contributed by atoms with van der Waals surface area (Å²) in [5.41, 5.74) is 0.815. The van der Waals surface area contributed by atoms with Gasteiger partial charge in [-0.25, -0.2) is 8.42 Å². The van der Waals surface area contributed by atoms with E-state index in [-0.39, 0.29) is 10.8 Å². The minimum absolute atomic E-state index is 0.118.